The van der Waals surface area contributed by atoms with Gasteiger partial charge >= 0.3 is 0 Å². The lowest BCUT2D eigenvalue weighted by Crippen LogP contribution is -2.17. The third kappa shape index (κ3) is 1.85. The van der Waals surface area contributed by atoms with Crippen LogP contribution in [0.15, 0.2) is 53.6 Å². The van der Waals surface area contributed by atoms with Crippen molar-refractivity contribution in [2.45, 2.75) is 19.8 Å². The van der Waals surface area contributed by atoms with Crippen LogP contribution >= 0.6 is 0 Å². The number of hydrogen-bond donors (Lipinski definition) is 0. The van der Waals surface area contributed by atoms with Gasteiger partial charge in [-0.1, -0.05) is 55.0 Å². The molecule has 0 heterocycles. The van der Waals surface area contributed by atoms with Gasteiger partial charge in [-0.3, -0.25) is 4.79 Å². The Hall–Kier alpha value is -1.63. The van der Waals surface area contributed by atoms with Gasteiger partial charge in [0.25, 0.3) is 0 Å². The molecule has 0 amide bonds. The Morgan fingerprint density at radius 2 is 1.81 bits per heavy atom. The van der Waals surface area contributed by atoms with E-state index < -0.39 is 0 Å². The van der Waals surface area contributed by atoms with Crippen LogP contribution in [0.1, 0.15) is 25.3 Å². The second-order valence-corrected chi connectivity index (χ2v) is 4.37. The standard InChI is InChI=1S/C15H16O/c1-11-8-9-14(10-16)12(2)15(11)13-6-4-3-5-7-13/h3-10,12,15H,1-2H3/t12-,15+/m0/s1. The predicted octanol–water partition coefficient (Wildman–Crippen LogP) is 3.49. The third-order valence-corrected chi connectivity index (χ3v) is 3.35. The van der Waals surface area contributed by atoms with Gasteiger partial charge in [0.2, 0.25) is 0 Å². The van der Waals surface area contributed by atoms with Crippen LogP contribution in [-0.2, 0) is 4.79 Å². The molecule has 2 rings (SSSR count). The van der Waals surface area contributed by atoms with Crippen LogP contribution in [0.25, 0.3) is 0 Å². The van der Waals surface area contributed by atoms with Gasteiger partial charge in [0.1, 0.15) is 6.29 Å². The summed E-state index contributed by atoms with van der Waals surface area (Å²) in [7, 11) is 0. The maximum atomic E-state index is 11.0. The van der Waals surface area contributed by atoms with Crippen LogP contribution in [0.5, 0.6) is 0 Å². The van der Waals surface area contributed by atoms with E-state index in [4.69, 9.17) is 0 Å². The molecule has 0 N–H and O–H groups in total. The van der Waals surface area contributed by atoms with E-state index in [1.807, 2.05) is 24.3 Å². The molecule has 2 atom stereocenters. The molecule has 0 saturated carbocycles. The van der Waals surface area contributed by atoms with Crippen molar-refractivity contribution in [1.82, 2.24) is 0 Å². The lowest BCUT2D eigenvalue weighted by atomic mass is 9.75. The van der Waals surface area contributed by atoms with Crippen molar-refractivity contribution in [3.05, 3.63) is 59.2 Å². The number of hydrogen-bond acceptors (Lipinski definition) is 1. The summed E-state index contributed by atoms with van der Waals surface area (Å²) in [6.45, 7) is 4.25. The maximum absolute atomic E-state index is 11.0. The molecule has 0 aromatic heterocycles. The first-order chi connectivity index (χ1) is 7.74. The Morgan fingerprint density at radius 3 is 2.44 bits per heavy atom. The van der Waals surface area contributed by atoms with E-state index in [1.54, 1.807) is 0 Å². The summed E-state index contributed by atoms with van der Waals surface area (Å²) < 4.78 is 0. The summed E-state index contributed by atoms with van der Waals surface area (Å²) in [4.78, 5) is 11.0. The monoisotopic (exact) mass is 212 g/mol. The molecule has 1 aromatic carbocycles. The van der Waals surface area contributed by atoms with E-state index in [2.05, 4.69) is 32.1 Å². The van der Waals surface area contributed by atoms with Crippen LogP contribution < -0.4 is 0 Å². The summed E-state index contributed by atoms with van der Waals surface area (Å²) in [5, 5.41) is 0. The number of allylic oxidation sites excluding steroid dienone is 4. The van der Waals surface area contributed by atoms with E-state index in [0.29, 0.717) is 5.92 Å². The van der Waals surface area contributed by atoms with E-state index in [1.165, 1.54) is 11.1 Å². The average Bonchev–Trinajstić information content (AvgIpc) is 2.31. The first kappa shape index (κ1) is 10.9. The highest BCUT2D eigenvalue weighted by Gasteiger charge is 2.25. The van der Waals surface area contributed by atoms with E-state index in [0.717, 1.165) is 11.9 Å². The molecule has 1 aliphatic carbocycles. The van der Waals surface area contributed by atoms with Gasteiger partial charge in [-0.15, -0.1) is 0 Å². The Morgan fingerprint density at radius 1 is 1.12 bits per heavy atom. The summed E-state index contributed by atoms with van der Waals surface area (Å²) >= 11 is 0. The van der Waals surface area contributed by atoms with Gasteiger partial charge < -0.3 is 0 Å². The molecular formula is C15H16O. The van der Waals surface area contributed by atoms with Crippen molar-refractivity contribution < 1.29 is 4.79 Å². The number of aldehydes is 1. The first-order valence-electron chi connectivity index (χ1n) is 5.62. The molecule has 16 heavy (non-hydrogen) atoms. The summed E-state index contributed by atoms with van der Waals surface area (Å²) in [6, 6.07) is 10.4. The van der Waals surface area contributed by atoms with Gasteiger partial charge in [0, 0.05) is 5.92 Å². The summed E-state index contributed by atoms with van der Waals surface area (Å²) in [5.74, 6) is 0.608. The maximum Gasteiger partial charge on any atom is 0.146 e. The molecule has 0 bridgehead atoms. The predicted molar refractivity (Wildman–Crippen MR) is 66.3 cm³/mol. The lowest BCUT2D eigenvalue weighted by molar-refractivity contribution is -0.105. The molecule has 1 aromatic rings. The molecule has 0 fully saturated rings. The minimum absolute atomic E-state index is 0.268. The molecule has 0 radical (unpaired) electrons. The van der Waals surface area contributed by atoms with Crippen molar-refractivity contribution in [2.75, 3.05) is 0 Å². The van der Waals surface area contributed by atoms with Crippen LogP contribution in [0.3, 0.4) is 0 Å². The van der Waals surface area contributed by atoms with Crippen LogP contribution in [0, 0.1) is 5.92 Å². The number of rotatable bonds is 2. The van der Waals surface area contributed by atoms with Crippen LogP contribution in [-0.4, -0.2) is 6.29 Å². The first-order valence-corrected chi connectivity index (χ1v) is 5.62. The normalized spacial score (nSPS) is 24.6. The highest BCUT2D eigenvalue weighted by atomic mass is 16.1. The molecule has 0 unspecified atom stereocenters. The number of carbonyl (C=O) groups excluding carboxylic acids is 1. The van der Waals surface area contributed by atoms with Crippen molar-refractivity contribution >= 4 is 6.29 Å². The smallest absolute Gasteiger partial charge is 0.146 e. The van der Waals surface area contributed by atoms with E-state index in [-0.39, 0.29) is 5.92 Å². The quantitative estimate of drug-likeness (QED) is 0.686. The van der Waals surface area contributed by atoms with Crippen LogP contribution in [0.2, 0.25) is 0 Å². The Balaban J connectivity index is 2.40. The lowest BCUT2D eigenvalue weighted by Gasteiger charge is -2.28. The minimum atomic E-state index is 0.268. The Labute approximate surface area is 96.5 Å². The summed E-state index contributed by atoms with van der Waals surface area (Å²) in [6.07, 6.45) is 4.97. The fourth-order valence-electron chi connectivity index (χ4n) is 2.43. The zero-order valence-corrected chi connectivity index (χ0v) is 9.68. The van der Waals surface area contributed by atoms with Crippen LogP contribution in [0.4, 0.5) is 0 Å². The molecule has 82 valence electrons. The average molecular weight is 212 g/mol. The fraction of sp³-hybridized carbons (Fsp3) is 0.267. The SMILES string of the molecule is CC1=CC=C(C=O)[C@H](C)[C@@H]1c1ccccc1. The second kappa shape index (κ2) is 4.48. The van der Waals surface area contributed by atoms with E-state index in [9.17, 15) is 4.79 Å². The molecular weight excluding hydrogens is 196 g/mol. The van der Waals surface area contributed by atoms with Gasteiger partial charge in [0.05, 0.1) is 0 Å². The number of carbonyl (C=O) groups is 1. The van der Waals surface area contributed by atoms with Gasteiger partial charge in [-0.05, 0) is 24.0 Å². The Bertz CT molecular complexity index is 440. The van der Waals surface area contributed by atoms with Crippen molar-refractivity contribution in [2.24, 2.45) is 5.92 Å². The van der Waals surface area contributed by atoms with E-state index >= 15 is 0 Å². The second-order valence-electron chi connectivity index (χ2n) is 4.37. The number of benzene rings is 1. The van der Waals surface area contributed by atoms with Crippen molar-refractivity contribution in [3.63, 3.8) is 0 Å². The van der Waals surface area contributed by atoms with Crippen molar-refractivity contribution in [3.8, 4) is 0 Å². The van der Waals surface area contributed by atoms with Gasteiger partial charge in [0.15, 0.2) is 0 Å². The molecule has 1 heteroatoms. The topological polar surface area (TPSA) is 17.1 Å². The molecule has 0 spiro atoms. The highest BCUT2D eigenvalue weighted by Crippen LogP contribution is 2.37. The third-order valence-electron chi connectivity index (χ3n) is 3.35. The van der Waals surface area contributed by atoms with Gasteiger partial charge in [-0.25, -0.2) is 0 Å². The summed E-state index contributed by atoms with van der Waals surface area (Å²) in [5.41, 5.74) is 3.50. The molecule has 1 nitrogen and oxygen atoms in total. The van der Waals surface area contributed by atoms with Gasteiger partial charge in [-0.2, -0.15) is 0 Å². The molecule has 0 saturated heterocycles. The highest BCUT2D eigenvalue weighted by molar-refractivity contribution is 5.76. The zero-order valence-electron chi connectivity index (χ0n) is 9.68. The largest absolute Gasteiger partial charge is 0.298 e. The molecule has 0 aliphatic heterocycles. The fourth-order valence-corrected chi connectivity index (χ4v) is 2.43. The van der Waals surface area contributed by atoms with Crippen molar-refractivity contribution in [1.29, 1.82) is 0 Å². The molecule has 1 aliphatic rings. The zero-order chi connectivity index (χ0) is 11.5. The minimum Gasteiger partial charge on any atom is -0.298 e. The Kier molecular flexibility index (Phi) is 3.04.